The first-order chi connectivity index (χ1) is 13.1. The van der Waals surface area contributed by atoms with Crippen LogP contribution in [0.15, 0.2) is 24.5 Å². The molecule has 150 valence electrons. The molecule has 1 aromatic heterocycles. The fraction of sp³-hybridized carbons (Fsp3) is 0.600. The zero-order valence-corrected chi connectivity index (χ0v) is 16.3. The topological polar surface area (TPSA) is 97.4 Å². The number of nitrogens with zero attached hydrogens (tertiary/aromatic N) is 1. The van der Waals surface area contributed by atoms with Gasteiger partial charge in [-0.2, -0.15) is 0 Å². The number of rotatable bonds is 13. The zero-order chi connectivity index (χ0) is 19.9. The Morgan fingerprint density at radius 3 is 2.48 bits per heavy atom. The molecule has 27 heavy (non-hydrogen) atoms. The summed E-state index contributed by atoms with van der Waals surface area (Å²) < 4.78 is 5.11. The lowest BCUT2D eigenvalue weighted by atomic mass is 9.97. The summed E-state index contributed by atoms with van der Waals surface area (Å²) in [7, 11) is 0. The van der Waals surface area contributed by atoms with Gasteiger partial charge in [0, 0.05) is 31.3 Å². The molecule has 0 radical (unpaired) electrons. The van der Waals surface area contributed by atoms with Crippen LogP contribution in [0.25, 0.3) is 0 Å². The molecule has 0 atom stereocenters. The second-order valence-electron chi connectivity index (χ2n) is 6.39. The van der Waals surface area contributed by atoms with E-state index < -0.39 is 0 Å². The van der Waals surface area contributed by atoms with Crippen LogP contribution in [-0.4, -0.2) is 42.5 Å². The SMILES string of the molecule is CCCC(CCC)C(=O)NCCOC(=O)CCCNC(=O)c1cccnc1. The standard InChI is InChI=1S/C20H31N3O4/c1-3-7-16(8-4-2)19(25)23-13-14-27-18(24)10-6-12-22-20(26)17-9-5-11-21-15-17/h5,9,11,15-16H,3-4,6-8,10,12-14H2,1-2H3,(H,22,26)(H,23,25). The molecule has 0 fully saturated rings. The van der Waals surface area contributed by atoms with Crippen LogP contribution in [0.5, 0.6) is 0 Å². The quantitative estimate of drug-likeness (QED) is 0.406. The first-order valence-corrected chi connectivity index (χ1v) is 9.70. The van der Waals surface area contributed by atoms with Crippen LogP contribution in [0.4, 0.5) is 0 Å². The van der Waals surface area contributed by atoms with Gasteiger partial charge in [-0.15, -0.1) is 0 Å². The van der Waals surface area contributed by atoms with Crippen molar-refractivity contribution in [1.82, 2.24) is 15.6 Å². The van der Waals surface area contributed by atoms with Gasteiger partial charge >= 0.3 is 5.97 Å². The van der Waals surface area contributed by atoms with Gasteiger partial charge < -0.3 is 15.4 Å². The maximum Gasteiger partial charge on any atom is 0.305 e. The number of aromatic nitrogens is 1. The molecule has 1 aromatic rings. The van der Waals surface area contributed by atoms with E-state index in [0.29, 0.717) is 25.1 Å². The van der Waals surface area contributed by atoms with Gasteiger partial charge in [0.15, 0.2) is 0 Å². The second-order valence-corrected chi connectivity index (χ2v) is 6.39. The summed E-state index contributed by atoms with van der Waals surface area (Å²) in [5.74, 6) is -0.474. The first kappa shape index (κ1) is 22.6. The zero-order valence-electron chi connectivity index (χ0n) is 16.3. The van der Waals surface area contributed by atoms with Crippen LogP contribution in [0, 0.1) is 5.92 Å². The van der Waals surface area contributed by atoms with E-state index in [1.165, 1.54) is 6.20 Å². The number of ether oxygens (including phenoxy) is 1. The van der Waals surface area contributed by atoms with Crippen LogP contribution in [0.2, 0.25) is 0 Å². The first-order valence-electron chi connectivity index (χ1n) is 9.70. The van der Waals surface area contributed by atoms with Crippen molar-refractivity contribution in [3.05, 3.63) is 30.1 Å². The number of carbonyl (C=O) groups is 3. The van der Waals surface area contributed by atoms with Crippen molar-refractivity contribution in [3.8, 4) is 0 Å². The van der Waals surface area contributed by atoms with Crippen LogP contribution >= 0.6 is 0 Å². The fourth-order valence-corrected chi connectivity index (χ4v) is 2.69. The predicted molar refractivity (Wildman–Crippen MR) is 103 cm³/mol. The summed E-state index contributed by atoms with van der Waals surface area (Å²) >= 11 is 0. The third kappa shape index (κ3) is 9.72. The molecule has 1 heterocycles. The van der Waals surface area contributed by atoms with E-state index in [4.69, 9.17) is 4.74 Å². The minimum atomic E-state index is -0.335. The Labute approximate surface area is 161 Å². The van der Waals surface area contributed by atoms with Crippen molar-refractivity contribution in [2.24, 2.45) is 5.92 Å². The molecule has 0 unspecified atom stereocenters. The second kappa shape index (κ2) is 13.7. The van der Waals surface area contributed by atoms with E-state index >= 15 is 0 Å². The Hall–Kier alpha value is -2.44. The number of nitrogens with one attached hydrogen (secondary N) is 2. The fourth-order valence-electron chi connectivity index (χ4n) is 2.69. The average molecular weight is 377 g/mol. The highest BCUT2D eigenvalue weighted by Gasteiger charge is 2.16. The number of esters is 1. The number of hydrogen-bond donors (Lipinski definition) is 2. The number of pyridine rings is 1. The van der Waals surface area contributed by atoms with Crippen molar-refractivity contribution in [3.63, 3.8) is 0 Å². The van der Waals surface area contributed by atoms with Gasteiger partial charge in [0.2, 0.25) is 5.91 Å². The lowest BCUT2D eigenvalue weighted by Crippen LogP contribution is -2.33. The van der Waals surface area contributed by atoms with Gasteiger partial charge in [0.25, 0.3) is 5.91 Å². The Balaban J connectivity index is 2.10. The van der Waals surface area contributed by atoms with Crippen molar-refractivity contribution in [2.75, 3.05) is 19.7 Å². The summed E-state index contributed by atoms with van der Waals surface area (Å²) in [6.45, 7) is 5.01. The molecule has 0 aliphatic rings. The van der Waals surface area contributed by atoms with Crippen molar-refractivity contribution in [1.29, 1.82) is 0 Å². The number of amides is 2. The van der Waals surface area contributed by atoms with Gasteiger partial charge in [-0.1, -0.05) is 26.7 Å². The maximum atomic E-state index is 12.1. The molecule has 0 saturated heterocycles. The molecule has 2 amide bonds. The normalized spacial score (nSPS) is 10.5. The Morgan fingerprint density at radius 1 is 1.11 bits per heavy atom. The molecule has 0 aliphatic heterocycles. The van der Waals surface area contributed by atoms with Crippen LogP contribution in [0.1, 0.15) is 62.7 Å². The van der Waals surface area contributed by atoms with E-state index in [-0.39, 0.29) is 36.7 Å². The Kier molecular flexibility index (Phi) is 11.5. The molecule has 0 bridgehead atoms. The molecule has 7 nitrogen and oxygen atoms in total. The number of hydrogen-bond acceptors (Lipinski definition) is 5. The molecule has 0 spiro atoms. The molecule has 1 rings (SSSR count). The van der Waals surface area contributed by atoms with Crippen LogP contribution in [-0.2, 0) is 14.3 Å². The lowest BCUT2D eigenvalue weighted by Gasteiger charge is -2.15. The highest BCUT2D eigenvalue weighted by atomic mass is 16.5. The van der Waals surface area contributed by atoms with Gasteiger partial charge in [-0.25, -0.2) is 0 Å². The highest BCUT2D eigenvalue weighted by Crippen LogP contribution is 2.13. The molecule has 7 heteroatoms. The van der Waals surface area contributed by atoms with E-state index in [1.54, 1.807) is 18.3 Å². The lowest BCUT2D eigenvalue weighted by molar-refractivity contribution is -0.144. The van der Waals surface area contributed by atoms with E-state index in [2.05, 4.69) is 29.5 Å². The third-order valence-electron chi connectivity index (χ3n) is 4.08. The van der Waals surface area contributed by atoms with Crippen LogP contribution < -0.4 is 10.6 Å². The van der Waals surface area contributed by atoms with Gasteiger partial charge in [0.05, 0.1) is 12.1 Å². The van der Waals surface area contributed by atoms with Gasteiger partial charge in [-0.3, -0.25) is 19.4 Å². The van der Waals surface area contributed by atoms with Crippen molar-refractivity contribution < 1.29 is 19.1 Å². The molecule has 0 aromatic carbocycles. The van der Waals surface area contributed by atoms with Crippen molar-refractivity contribution >= 4 is 17.8 Å². The third-order valence-corrected chi connectivity index (χ3v) is 4.08. The molecule has 0 saturated carbocycles. The minimum absolute atomic E-state index is 0.0351. The summed E-state index contributed by atoms with van der Waals surface area (Å²) in [4.78, 5) is 39.4. The van der Waals surface area contributed by atoms with Crippen molar-refractivity contribution in [2.45, 2.75) is 52.4 Å². The monoisotopic (exact) mass is 377 g/mol. The Morgan fingerprint density at radius 2 is 1.85 bits per heavy atom. The van der Waals surface area contributed by atoms with Gasteiger partial charge in [0.1, 0.15) is 6.61 Å². The summed E-state index contributed by atoms with van der Waals surface area (Å²) in [5, 5.41) is 5.56. The molecular weight excluding hydrogens is 346 g/mol. The number of carbonyl (C=O) groups excluding carboxylic acids is 3. The highest BCUT2D eigenvalue weighted by molar-refractivity contribution is 5.93. The maximum absolute atomic E-state index is 12.1. The molecular formula is C20H31N3O4. The average Bonchev–Trinajstić information content (AvgIpc) is 2.68. The summed E-state index contributed by atoms with van der Waals surface area (Å²) in [5.41, 5.74) is 0.486. The minimum Gasteiger partial charge on any atom is -0.464 e. The van der Waals surface area contributed by atoms with E-state index in [0.717, 1.165) is 25.7 Å². The summed E-state index contributed by atoms with van der Waals surface area (Å²) in [6.07, 6.45) is 7.51. The Bertz CT molecular complexity index is 572. The predicted octanol–water partition coefficient (Wildman–Crippen LogP) is 2.47. The van der Waals surface area contributed by atoms with Gasteiger partial charge in [-0.05, 0) is 31.4 Å². The molecule has 2 N–H and O–H groups in total. The largest absolute Gasteiger partial charge is 0.464 e. The van der Waals surface area contributed by atoms with E-state index in [1.807, 2.05) is 0 Å². The summed E-state index contributed by atoms with van der Waals surface area (Å²) in [6, 6.07) is 3.37. The molecule has 0 aliphatic carbocycles. The smallest absolute Gasteiger partial charge is 0.305 e. The van der Waals surface area contributed by atoms with E-state index in [9.17, 15) is 14.4 Å². The van der Waals surface area contributed by atoms with Crippen LogP contribution in [0.3, 0.4) is 0 Å².